The van der Waals surface area contributed by atoms with E-state index >= 15 is 0 Å². The van der Waals surface area contributed by atoms with Crippen LogP contribution in [0.3, 0.4) is 0 Å². The number of rotatable bonds is 3. The van der Waals surface area contributed by atoms with Crippen LogP contribution in [-0.4, -0.2) is 23.9 Å². The van der Waals surface area contributed by atoms with E-state index in [4.69, 9.17) is 10.5 Å². The summed E-state index contributed by atoms with van der Waals surface area (Å²) in [7, 11) is 0. The summed E-state index contributed by atoms with van der Waals surface area (Å²) < 4.78 is 44.1. The van der Waals surface area contributed by atoms with Crippen LogP contribution in [0, 0.1) is 0 Å². The quantitative estimate of drug-likeness (QED) is 0.901. The number of nitrogens with one attached hydrogen (secondary N) is 1. The Labute approximate surface area is 121 Å². The molecule has 1 rings (SSSR count). The first-order valence-electron chi connectivity index (χ1n) is 6.37. The molecule has 0 saturated carbocycles. The number of alkyl carbamates (subject to hydrolysis) is 1. The third-order valence-corrected chi connectivity index (χ3v) is 2.57. The maximum Gasteiger partial charge on any atom is 0.410 e. The van der Waals surface area contributed by atoms with Crippen molar-refractivity contribution in [3.63, 3.8) is 0 Å². The van der Waals surface area contributed by atoms with Gasteiger partial charge in [-0.3, -0.25) is 0 Å². The first-order valence-corrected chi connectivity index (χ1v) is 6.37. The largest absolute Gasteiger partial charge is 0.444 e. The summed E-state index contributed by atoms with van der Waals surface area (Å²) in [6, 6.07) is 4.13. The van der Waals surface area contributed by atoms with E-state index in [2.05, 4.69) is 0 Å². The van der Waals surface area contributed by atoms with Gasteiger partial charge in [0.25, 0.3) is 0 Å². The van der Waals surface area contributed by atoms with Crippen molar-refractivity contribution in [1.29, 1.82) is 0 Å². The first-order chi connectivity index (χ1) is 9.50. The molecule has 0 unspecified atom stereocenters. The molecular formula is C14H19F3N2O2. The van der Waals surface area contributed by atoms with E-state index in [0.29, 0.717) is 0 Å². The molecule has 118 valence electrons. The van der Waals surface area contributed by atoms with E-state index in [1.807, 2.05) is 0 Å². The zero-order valence-corrected chi connectivity index (χ0v) is 12.1. The highest BCUT2D eigenvalue weighted by atomic mass is 19.4. The van der Waals surface area contributed by atoms with Gasteiger partial charge in [-0.15, -0.1) is 0 Å². The number of amides is 1. The Balaban J connectivity index is 2.90. The van der Waals surface area contributed by atoms with Gasteiger partial charge in [-0.1, -0.05) is 30.3 Å². The van der Waals surface area contributed by atoms with Gasteiger partial charge in [-0.2, -0.15) is 13.2 Å². The molecule has 21 heavy (non-hydrogen) atoms. The molecule has 3 N–H and O–H groups in total. The minimum absolute atomic E-state index is 0.274. The average Bonchev–Trinajstić information content (AvgIpc) is 2.33. The Hall–Kier alpha value is -1.76. The number of carbonyl (C=O) groups is 1. The fourth-order valence-electron chi connectivity index (χ4n) is 1.68. The van der Waals surface area contributed by atoms with Crippen molar-refractivity contribution >= 4 is 6.09 Å². The molecule has 0 aliphatic heterocycles. The number of halogens is 3. The molecule has 0 aromatic heterocycles. The molecule has 0 radical (unpaired) electrons. The second-order valence-corrected chi connectivity index (χ2v) is 5.60. The number of hydrogen-bond donors (Lipinski definition) is 2. The van der Waals surface area contributed by atoms with E-state index in [1.165, 1.54) is 12.1 Å². The molecule has 7 heteroatoms. The summed E-state index contributed by atoms with van der Waals surface area (Å²) >= 11 is 0. The van der Waals surface area contributed by atoms with Gasteiger partial charge >= 0.3 is 12.3 Å². The van der Waals surface area contributed by atoms with Crippen LogP contribution in [0.1, 0.15) is 32.4 Å². The van der Waals surface area contributed by atoms with Crippen molar-refractivity contribution in [1.82, 2.24) is 5.32 Å². The molecule has 0 fully saturated rings. The lowest BCUT2D eigenvalue weighted by Gasteiger charge is -2.29. The molecule has 1 aromatic rings. The van der Waals surface area contributed by atoms with Gasteiger partial charge in [0.1, 0.15) is 11.6 Å². The predicted molar refractivity (Wildman–Crippen MR) is 72.6 cm³/mol. The minimum Gasteiger partial charge on any atom is -0.444 e. The monoisotopic (exact) mass is 304 g/mol. The molecule has 2 atom stereocenters. The van der Waals surface area contributed by atoms with Gasteiger partial charge in [-0.25, -0.2) is 4.79 Å². The smallest absolute Gasteiger partial charge is 0.410 e. The molecule has 0 aliphatic rings. The molecular weight excluding hydrogens is 285 g/mol. The fourth-order valence-corrected chi connectivity index (χ4v) is 1.68. The highest BCUT2D eigenvalue weighted by molar-refractivity contribution is 5.68. The lowest BCUT2D eigenvalue weighted by Crippen LogP contribution is -2.52. The Morgan fingerprint density at radius 3 is 2.14 bits per heavy atom. The lowest BCUT2D eigenvalue weighted by atomic mass is 10.00. The van der Waals surface area contributed by atoms with Gasteiger partial charge in [-0.05, 0) is 26.3 Å². The van der Waals surface area contributed by atoms with Crippen LogP contribution in [0.25, 0.3) is 0 Å². The number of hydrogen-bond acceptors (Lipinski definition) is 3. The highest BCUT2D eigenvalue weighted by Gasteiger charge is 2.45. The summed E-state index contributed by atoms with van der Waals surface area (Å²) in [6.45, 7) is 4.69. The van der Waals surface area contributed by atoms with Crippen LogP contribution >= 0.6 is 0 Å². The number of nitrogens with two attached hydrogens (primary N) is 1. The molecule has 0 spiro atoms. The second-order valence-electron chi connectivity index (χ2n) is 5.60. The Morgan fingerprint density at radius 2 is 1.71 bits per heavy atom. The lowest BCUT2D eigenvalue weighted by molar-refractivity contribution is -0.160. The predicted octanol–water partition coefficient (Wildman–Crippen LogP) is 3.14. The van der Waals surface area contributed by atoms with Crippen molar-refractivity contribution in [3.8, 4) is 0 Å². The maximum absolute atomic E-state index is 13.1. The number of alkyl halides is 3. The van der Waals surface area contributed by atoms with E-state index in [1.54, 1.807) is 44.3 Å². The van der Waals surface area contributed by atoms with Gasteiger partial charge in [0.2, 0.25) is 0 Å². The van der Waals surface area contributed by atoms with Crippen molar-refractivity contribution < 1.29 is 22.7 Å². The SMILES string of the molecule is CC(C)(C)OC(=O)N[C@H]([C@H](N)c1ccccc1)C(F)(F)F. The summed E-state index contributed by atoms with van der Waals surface area (Å²) in [6.07, 6.45) is -5.84. The van der Waals surface area contributed by atoms with Crippen molar-refractivity contribution in [2.24, 2.45) is 5.73 Å². The van der Waals surface area contributed by atoms with Crippen molar-refractivity contribution in [2.45, 2.75) is 44.6 Å². The van der Waals surface area contributed by atoms with Gasteiger partial charge in [0.05, 0.1) is 6.04 Å². The molecule has 0 aliphatic carbocycles. The molecule has 4 nitrogen and oxygen atoms in total. The molecule has 1 amide bonds. The molecule has 0 heterocycles. The zero-order valence-electron chi connectivity index (χ0n) is 12.1. The number of ether oxygens (including phenoxy) is 1. The van der Waals surface area contributed by atoms with Crippen LogP contribution in [-0.2, 0) is 4.74 Å². The third-order valence-electron chi connectivity index (χ3n) is 2.57. The summed E-state index contributed by atoms with van der Waals surface area (Å²) in [4.78, 5) is 11.6. The molecule has 0 saturated heterocycles. The van der Waals surface area contributed by atoms with Crippen LogP contribution < -0.4 is 11.1 Å². The number of carbonyl (C=O) groups excluding carboxylic acids is 1. The van der Waals surface area contributed by atoms with Crippen LogP contribution in [0.2, 0.25) is 0 Å². The van der Waals surface area contributed by atoms with Gasteiger partial charge < -0.3 is 15.8 Å². The van der Waals surface area contributed by atoms with E-state index in [-0.39, 0.29) is 5.56 Å². The molecule has 1 aromatic carbocycles. The average molecular weight is 304 g/mol. The Kier molecular flexibility index (Phi) is 5.22. The Morgan fingerprint density at radius 1 is 1.19 bits per heavy atom. The van der Waals surface area contributed by atoms with E-state index < -0.39 is 30.0 Å². The normalized spacial score (nSPS) is 15.2. The second kappa shape index (κ2) is 6.34. The van der Waals surface area contributed by atoms with E-state index in [0.717, 1.165) is 0 Å². The standard InChI is InChI=1S/C14H19F3N2O2/c1-13(2,3)21-12(20)19-11(14(15,16)17)10(18)9-7-5-4-6-8-9/h4-8,10-11H,18H2,1-3H3,(H,19,20)/t10-,11-/m1/s1. The van der Waals surface area contributed by atoms with Crippen LogP contribution in [0.15, 0.2) is 30.3 Å². The van der Waals surface area contributed by atoms with E-state index in [9.17, 15) is 18.0 Å². The van der Waals surface area contributed by atoms with Crippen molar-refractivity contribution in [2.75, 3.05) is 0 Å². The van der Waals surface area contributed by atoms with Crippen LogP contribution in [0.5, 0.6) is 0 Å². The highest BCUT2D eigenvalue weighted by Crippen LogP contribution is 2.29. The topological polar surface area (TPSA) is 64.3 Å². The summed E-state index contributed by atoms with van der Waals surface area (Å²) in [5.41, 5.74) is 5.03. The van der Waals surface area contributed by atoms with Crippen molar-refractivity contribution in [3.05, 3.63) is 35.9 Å². The number of benzene rings is 1. The van der Waals surface area contributed by atoms with Crippen LogP contribution in [0.4, 0.5) is 18.0 Å². The summed E-state index contributed by atoms with van der Waals surface area (Å²) in [5.74, 6) is 0. The fraction of sp³-hybridized carbons (Fsp3) is 0.500. The summed E-state index contributed by atoms with van der Waals surface area (Å²) in [5, 5.41) is 1.80. The van der Waals surface area contributed by atoms with Gasteiger partial charge in [0.15, 0.2) is 0 Å². The zero-order chi connectivity index (χ0) is 16.3. The minimum atomic E-state index is -4.69. The first kappa shape index (κ1) is 17.3. The Bertz CT molecular complexity index is 469. The maximum atomic E-state index is 13.1. The third kappa shape index (κ3) is 5.63. The molecule has 0 bridgehead atoms. The van der Waals surface area contributed by atoms with Gasteiger partial charge in [0, 0.05) is 0 Å².